The first-order chi connectivity index (χ1) is 11.3. The van der Waals surface area contributed by atoms with E-state index in [0.29, 0.717) is 6.54 Å². The van der Waals surface area contributed by atoms with Crippen LogP contribution in [0.15, 0.2) is 22.8 Å². The molecule has 23 heavy (non-hydrogen) atoms. The maximum absolute atomic E-state index is 5.44. The minimum Gasteiger partial charge on any atom is -0.467 e. The van der Waals surface area contributed by atoms with Gasteiger partial charge in [-0.25, -0.2) is 4.68 Å². The molecule has 0 spiro atoms. The number of hydrogen-bond donors (Lipinski definition) is 0. The zero-order valence-electron chi connectivity index (χ0n) is 14.1. The Kier molecular flexibility index (Phi) is 5.40. The van der Waals surface area contributed by atoms with Gasteiger partial charge in [0, 0.05) is 26.2 Å². The molecule has 0 unspecified atom stereocenters. The van der Waals surface area contributed by atoms with Gasteiger partial charge in [0.1, 0.15) is 12.3 Å². The van der Waals surface area contributed by atoms with Crippen LogP contribution in [-0.4, -0.2) is 62.7 Å². The summed E-state index contributed by atoms with van der Waals surface area (Å²) < 4.78 is 7.32. The van der Waals surface area contributed by atoms with E-state index in [0.717, 1.165) is 57.2 Å². The zero-order chi connectivity index (χ0) is 16.1. The van der Waals surface area contributed by atoms with Crippen LogP contribution in [0.1, 0.15) is 44.3 Å². The Morgan fingerprint density at radius 1 is 1.22 bits per heavy atom. The van der Waals surface area contributed by atoms with Crippen LogP contribution in [0.5, 0.6) is 0 Å². The summed E-state index contributed by atoms with van der Waals surface area (Å²) in [6.45, 7) is 10.6. The van der Waals surface area contributed by atoms with E-state index in [-0.39, 0.29) is 6.04 Å². The fourth-order valence-corrected chi connectivity index (χ4v) is 3.25. The van der Waals surface area contributed by atoms with E-state index < -0.39 is 0 Å². The van der Waals surface area contributed by atoms with Crippen LogP contribution in [0, 0.1) is 0 Å². The van der Waals surface area contributed by atoms with Gasteiger partial charge in [-0.15, -0.1) is 5.10 Å². The van der Waals surface area contributed by atoms with Gasteiger partial charge in [0.2, 0.25) is 0 Å². The van der Waals surface area contributed by atoms with Crippen molar-refractivity contribution in [3.8, 4) is 0 Å². The molecule has 1 atom stereocenters. The highest BCUT2D eigenvalue weighted by Crippen LogP contribution is 2.25. The maximum atomic E-state index is 5.44. The lowest BCUT2D eigenvalue weighted by atomic mass is 10.1. The van der Waals surface area contributed by atoms with Crippen molar-refractivity contribution < 1.29 is 4.42 Å². The summed E-state index contributed by atoms with van der Waals surface area (Å²) in [6, 6.07) is 4.14. The molecular weight excluding hydrogens is 292 g/mol. The lowest BCUT2D eigenvalue weighted by molar-refractivity contribution is 0.0888. The molecule has 2 aromatic heterocycles. The first-order valence-electron chi connectivity index (χ1n) is 8.56. The molecule has 0 aromatic carbocycles. The molecule has 1 saturated heterocycles. The third kappa shape index (κ3) is 3.79. The van der Waals surface area contributed by atoms with Gasteiger partial charge in [0.15, 0.2) is 5.82 Å². The largest absolute Gasteiger partial charge is 0.467 e. The first kappa shape index (κ1) is 16.1. The van der Waals surface area contributed by atoms with Gasteiger partial charge in [-0.1, -0.05) is 20.3 Å². The quantitative estimate of drug-likeness (QED) is 0.775. The SMILES string of the molecule is CCC[C@H](c1nnnn1Cc1ccco1)N1CCN(CC)CC1. The summed E-state index contributed by atoms with van der Waals surface area (Å²) >= 11 is 0. The molecular formula is C16H26N6O. The number of piperazine rings is 1. The summed E-state index contributed by atoms with van der Waals surface area (Å²) in [5.41, 5.74) is 0. The summed E-state index contributed by atoms with van der Waals surface area (Å²) in [5, 5.41) is 12.4. The van der Waals surface area contributed by atoms with Crippen molar-refractivity contribution in [2.45, 2.75) is 39.3 Å². The number of tetrazole rings is 1. The van der Waals surface area contributed by atoms with Crippen LogP contribution in [0.4, 0.5) is 0 Å². The minimum absolute atomic E-state index is 0.281. The molecule has 3 rings (SSSR count). The molecule has 0 aliphatic carbocycles. The number of hydrogen-bond acceptors (Lipinski definition) is 6. The molecule has 3 heterocycles. The second-order valence-electron chi connectivity index (χ2n) is 6.05. The van der Waals surface area contributed by atoms with Crippen molar-refractivity contribution in [3.63, 3.8) is 0 Å². The Morgan fingerprint density at radius 3 is 2.70 bits per heavy atom. The van der Waals surface area contributed by atoms with E-state index >= 15 is 0 Å². The number of nitrogens with zero attached hydrogens (tertiary/aromatic N) is 6. The van der Waals surface area contributed by atoms with E-state index in [1.807, 2.05) is 16.8 Å². The molecule has 7 heteroatoms. The van der Waals surface area contributed by atoms with Crippen LogP contribution in [0.25, 0.3) is 0 Å². The normalized spacial score (nSPS) is 18.3. The van der Waals surface area contributed by atoms with Gasteiger partial charge >= 0.3 is 0 Å². The molecule has 7 nitrogen and oxygen atoms in total. The standard InChI is InChI=1S/C16H26N6O/c1-3-6-15(21-10-8-20(4-2)9-11-21)16-17-18-19-22(16)13-14-7-5-12-23-14/h5,7,12,15H,3-4,6,8-11,13H2,1-2H3/t15-/m1/s1. The number of furan rings is 1. The summed E-state index contributed by atoms with van der Waals surface area (Å²) in [7, 11) is 0. The topological polar surface area (TPSA) is 63.2 Å². The summed E-state index contributed by atoms with van der Waals surface area (Å²) in [5.74, 6) is 1.83. The first-order valence-corrected chi connectivity index (χ1v) is 8.56. The van der Waals surface area contributed by atoms with E-state index in [9.17, 15) is 0 Å². The van der Waals surface area contributed by atoms with Crippen molar-refractivity contribution >= 4 is 0 Å². The van der Waals surface area contributed by atoms with Crippen LogP contribution < -0.4 is 0 Å². The van der Waals surface area contributed by atoms with Gasteiger partial charge in [0.05, 0.1) is 12.3 Å². The average molecular weight is 318 g/mol. The molecule has 0 amide bonds. The van der Waals surface area contributed by atoms with Gasteiger partial charge < -0.3 is 9.32 Å². The number of aromatic nitrogens is 4. The van der Waals surface area contributed by atoms with E-state index in [4.69, 9.17) is 4.42 Å². The second-order valence-corrected chi connectivity index (χ2v) is 6.05. The minimum atomic E-state index is 0.281. The second kappa shape index (κ2) is 7.70. The third-order valence-electron chi connectivity index (χ3n) is 4.60. The Hall–Kier alpha value is -1.73. The molecule has 0 bridgehead atoms. The Morgan fingerprint density at radius 2 is 2.04 bits per heavy atom. The zero-order valence-corrected chi connectivity index (χ0v) is 14.1. The smallest absolute Gasteiger partial charge is 0.168 e. The van der Waals surface area contributed by atoms with Crippen molar-refractivity contribution in [1.29, 1.82) is 0 Å². The highest BCUT2D eigenvalue weighted by atomic mass is 16.3. The highest BCUT2D eigenvalue weighted by Gasteiger charge is 2.28. The van der Waals surface area contributed by atoms with Crippen LogP contribution in [0.3, 0.4) is 0 Å². The third-order valence-corrected chi connectivity index (χ3v) is 4.60. The van der Waals surface area contributed by atoms with Crippen molar-refractivity contribution in [1.82, 2.24) is 30.0 Å². The molecule has 1 aliphatic rings. The molecule has 126 valence electrons. The monoisotopic (exact) mass is 318 g/mol. The fourth-order valence-electron chi connectivity index (χ4n) is 3.25. The Balaban J connectivity index is 1.75. The lowest BCUT2D eigenvalue weighted by Crippen LogP contribution is -2.47. The molecule has 1 aliphatic heterocycles. The van der Waals surface area contributed by atoms with Gasteiger partial charge in [0.25, 0.3) is 0 Å². The summed E-state index contributed by atoms with van der Waals surface area (Å²) in [6.07, 6.45) is 3.88. The Bertz CT molecular complexity index is 573. The van der Waals surface area contributed by atoms with E-state index in [2.05, 4.69) is 39.2 Å². The van der Waals surface area contributed by atoms with Gasteiger partial charge in [-0.05, 0) is 35.5 Å². The maximum Gasteiger partial charge on any atom is 0.168 e. The van der Waals surface area contributed by atoms with Gasteiger partial charge in [-0.3, -0.25) is 4.90 Å². The van der Waals surface area contributed by atoms with Crippen LogP contribution >= 0.6 is 0 Å². The number of rotatable bonds is 7. The van der Waals surface area contributed by atoms with E-state index in [1.165, 1.54) is 0 Å². The number of likely N-dealkylation sites (N-methyl/N-ethyl adjacent to an activating group) is 1. The van der Waals surface area contributed by atoms with Crippen molar-refractivity contribution in [2.24, 2.45) is 0 Å². The average Bonchev–Trinajstić information content (AvgIpc) is 3.25. The van der Waals surface area contributed by atoms with Gasteiger partial charge in [-0.2, -0.15) is 0 Å². The molecule has 0 N–H and O–H groups in total. The predicted octanol–water partition coefficient (Wildman–Crippen LogP) is 1.79. The Labute approximate surface area is 137 Å². The lowest BCUT2D eigenvalue weighted by Gasteiger charge is -2.38. The van der Waals surface area contributed by atoms with E-state index in [1.54, 1.807) is 6.26 Å². The molecule has 1 fully saturated rings. The summed E-state index contributed by atoms with van der Waals surface area (Å²) in [4.78, 5) is 5.02. The molecule has 0 saturated carbocycles. The molecule has 0 radical (unpaired) electrons. The fraction of sp³-hybridized carbons (Fsp3) is 0.688. The predicted molar refractivity (Wildman–Crippen MR) is 87.0 cm³/mol. The molecule has 2 aromatic rings. The van der Waals surface area contributed by atoms with Crippen LogP contribution in [-0.2, 0) is 6.54 Å². The van der Waals surface area contributed by atoms with Crippen molar-refractivity contribution in [2.75, 3.05) is 32.7 Å². The van der Waals surface area contributed by atoms with Crippen LogP contribution in [0.2, 0.25) is 0 Å². The highest BCUT2D eigenvalue weighted by molar-refractivity contribution is 5.02. The van der Waals surface area contributed by atoms with Crippen molar-refractivity contribution in [3.05, 3.63) is 30.0 Å².